The van der Waals surface area contributed by atoms with Crippen LogP contribution in [0.15, 0.2) is 0 Å². The molecule has 1 aliphatic carbocycles. The molecular weight excluding hydrogens is 212 g/mol. The van der Waals surface area contributed by atoms with Crippen molar-refractivity contribution >= 4 is 9.84 Å². The number of aliphatic hydroxyl groups excluding tert-OH is 1. The van der Waals surface area contributed by atoms with Crippen LogP contribution >= 0.6 is 0 Å². The van der Waals surface area contributed by atoms with Crippen molar-refractivity contribution in [3.8, 4) is 0 Å². The van der Waals surface area contributed by atoms with Gasteiger partial charge in [0.2, 0.25) is 0 Å². The zero-order valence-corrected chi connectivity index (χ0v) is 10.7. The van der Waals surface area contributed by atoms with E-state index in [4.69, 9.17) is 0 Å². The third-order valence-electron chi connectivity index (χ3n) is 3.20. The van der Waals surface area contributed by atoms with Crippen LogP contribution in [0.4, 0.5) is 0 Å². The Morgan fingerprint density at radius 1 is 1.13 bits per heavy atom. The molecular formula is C11H22O3S. The van der Waals surface area contributed by atoms with Crippen LogP contribution in [-0.2, 0) is 9.84 Å². The monoisotopic (exact) mass is 234 g/mol. The molecule has 3 nitrogen and oxygen atoms in total. The summed E-state index contributed by atoms with van der Waals surface area (Å²) < 4.78 is 23.2. The van der Waals surface area contributed by atoms with E-state index in [9.17, 15) is 13.5 Å². The smallest absolute Gasteiger partial charge is 0.155 e. The Kier molecular flexibility index (Phi) is 3.82. The molecule has 0 saturated heterocycles. The zero-order chi connectivity index (χ0) is 11.7. The van der Waals surface area contributed by atoms with Gasteiger partial charge >= 0.3 is 0 Å². The highest BCUT2D eigenvalue weighted by molar-refractivity contribution is 7.92. The molecule has 0 atom stereocenters. The van der Waals surface area contributed by atoms with Gasteiger partial charge in [-0.1, -0.05) is 0 Å². The molecule has 15 heavy (non-hydrogen) atoms. The number of sulfone groups is 1. The second kappa shape index (κ2) is 4.42. The second-order valence-corrected chi connectivity index (χ2v) is 8.36. The van der Waals surface area contributed by atoms with Crippen molar-refractivity contribution in [3.63, 3.8) is 0 Å². The third-order valence-corrected chi connectivity index (χ3v) is 5.98. The first-order valence-corrected chi connectivity index (χ1v) is 7.28. The zero-order valence-electron chi connectivity index (χ0n) is 9.86. The van der Waals surface area contributed by atoms with Crippen molar-refractivity contribution < 1.29 is 13.5 Å². The Bertz CT molecular complexity index is 292. The second-order valence-electron chi connectivity index (χ2n) is 5.57. The molecule has 1 N–H and O–H groups in total. The minimum Gasteiger partial charge on any atom is -0.393 e. The summed E-state index contributed by atoms with van der Waals surface area (Å²) in [5.74, 6) is 0.529. The molecule has 0 heterocycles. The summed E-state index contributed by atoms with van der Waals surface area (Å²) in [5, 5.41) is 9.34. The maximum Gasteiger partial charge on any atom is 0.155 e. The van der Waals surface area contributed by atoms with E-state index in [1.54, 1.807) is 20.8 Å². The van der Waals surface area contributed by atoms with Crippen LogP contribution in [0, 0.1) is 5.92 Å². The predicted octanol–water partition coefficient (Wildman–Crippen LogP) is 1.75. The summed E-state index contributed by atoms with van der Waals surface area (Å²) in [6, 6.07) is 0. The van der Waals surface area contributed by atoms with Crippen molar-refractivity contribution in [2.75, 3.05) is 5.75 Å². The molecule has 0 unspecified atom stereocenters. The van der Waals surface area contributed by atoms with Crippen LogP contribution in [0.25, 0.3) is 0 Å². The highest BCUT2D eigenvalue weighted by Gasteiger charge is 2.32. The van der Waals surface area contributed by atoms with Gasteiger partial charge in [-0.2, -0.15) is 0 Å². The molecule has 90 valence electrons. The average molecular weight is 234 g/mol. The third kappa shape index (κ3) is 3.45. The summed E-state index contributed by atoms with van der Waals surface area (Å²) >= 11 is 0. The fourth-order valence-electron chi connectivity index (χ4n) is 1.87. The molecule has 1 saturated carbocycles. The lowest BCUT2D eigenvalue weighted by molar-refractivity contribution is 0.113. The maximum atomic E-state index is 11.9. The van der Waals surface area contributed by atoms with E-state index in [1.165, 1.54) is 0 Å². The summed E-state index contributed by atoms with van der Waals surface area (Å²) in [6.45, 7) is 5.25. The Morgan fingerprint density at radius 2 is 1.60 bits per heavy atom. The minimum atomic E-state index is -3.00. The molecule has 0 aliphatic heterocycles. The van der Waals surface area contributed by atoms with E-state index < -0.39 is 14.6 Å². The van der Waals surface area contributed by atoms with Crippen molar-refractivity contribution in [1.82, 2.24) is 0 Å². The summed E-state index contributed by atoms with van der Waals surface area (Å²) in [7, 11) is -3.00. The van der Waals surface area contributed by atoms with Gasteiger partial charge in [-0.25, -0.2) is 8.42 Å². The van der Waals surface area contributed by atoms with Gasteiger partial charge in [0, 0.05) is 0 Å². The van der Waals surface area contributed by atoms with Crippen LogP contribution in [0.5, 0.6) is 0 Å². The van der Waals surface area contributed by atoms with E-state index in [1.807, 2.05) is 0 Å². The number of rotatable bonds is 2. The molecule has 0 amide bonds. The predicted molar refractivity (Wildman–Crippen MR) is 61.5 cm³/mol. The van der Waals surface area contributed by atoms with Crippen LogP contribution in [0.3, 0.4) is 0 Å². The molecule has 1 rings (SSSR count). The van der Waals surface area contributed by atoms with Crippen molar-refractivity contribution in [2.45, 2.75) is 57.3 Å². The summed E-state index contributed by atoms with van der Waals surface area (Å²) in [6.07, 6.45) is 2.99. The quantitative estimate of drug-likeness (QED) is 0.792. The van der Waals surface area contributed by atoms with Gasteiger partial charge < -0.3 is 5.11 Å². The number of hydrogen-bond acceptors (Lipinski definition) is 3. The molecule has 0 radical (unpaired) electrons. The van der Waals surface area contributed by atoms with Gasteiger partial charge in [-0.3, -0.25) is 0 Å². The SMILES string of the molecule is CC(C)(C)S(=O)(=O)CC1CCC(O)CC1. The lowest BCUT2D eigenvalue weighted by Crippen LogP contribution is -2.34. The first kappa shape index (κ1) is 13.0. The van der Waals surface area contributed by atoms with Gasteiger partial charge in [-0.05, 0) is 52.4 Å². The lowest BCUT2D eigenvalue weighted by Gasteiger charge is -2.28. The van der Waals surface area contributed by atoms with Crippen LogP contribution in [0.1, 0.15) is 46.5 Å². The van der Waals surface area contributed by atoms with Crippen LogP contribution in [-0.4, -0.2) is 30.1 Å². The standard InChI is InChI=1S/C11H22O3S/c1-11(2,3)15(13,14)8-9-4-6-10(12)7-5-9/h9-10,12H,4-8H2,1-3H3. The fourth-order valence-corrected chi connectivity index (χ4v) is 3.33. The van der Waals surface area contributed by atoms with Gasteiger partial charge in [0.15, 0.2) is 9.84 Å². The normalized spacial score (nSPS) is 29.1. The molecule has 0 spiro atoms. The molecule has 1 fully saturated rings. The van der Waals surface area contributed by atoms with Gasteiger partial charge in [0.05, 0.1) is 16.6 Å². The van der Waals surface area contributed by atoms with E-state index in [0.29, 0.717) is 0 Å². The van der Waals surface area contributed by atoms with Gasteiger partial charge in [0.1, 0.15) is 0 Å². The molecule has 4 heteroatoms. The Balaban J connectivity index is 2.56. The maximum absolute atomic E-state index is 11.9. The topological polar surface area (TPSA) is 54.4 Å². The Morgan fingerprint density at radius 3 is 2.00 bits per heavy atom. The first-order valence-electron chi connectivity index (χ1n) is 5.63. The largest absolute Gasteiger partial charge is 0.393 e. The van der Waals surface area contributed by atoms with E-state index >= 15 is 0 Å². The molecule has 1 aliphatic rings. The van der Waals surface area contributed by atoms with Crippen LogP contribution in [0.2, 0.25) is 0 Å². The highest BCUT2D eigenvalue weighted by atomic mass is 32.2. The molecule has 0 aromatic rings. The Labute approximate surface area is 92.8 Å². The first-order chi connectivity index (χ1) is 6.72. The summed E-state index contributed by atoms with van der Waals surface area (Å²) in [5.41, 5.74) is 0. The van der Waals surface area contributed by atoms with Crippen molar-refractivity contribution in [3.05, 3.63) is 0 Å². The van der Waals surface area contributed by atoms with Crippen LogP contribution < -0.4 is 0 Å². The fraction of sp³-hybridized carbons (Fsp3) is 1.00. The number of aliphatic hydroxyl groups is 1. The van der Waals surface area contributed by atoms with Crippen molar-refractivity contribution in [2.24, 2.45) is 5.92 Å². The molecule has 0 aromatic carbocycles. The molecule has 0 bridgehead atoms. The van der Waals surface area contributed by atoms with E-state index in [-0.39, 0.29) is 17.8 Å². The molecule has 0 aromatic heterocycles. The Hall–Kier alpha value is -0.0900. The minimum absolute atomic E-state index is 0.210. The van der Waals surface area contributed by atoms with Gasteiger partial charge in [-0.15, -0.1) is 0 Å². The van der Waals surface area contributed by atoms with Gasteiger partial charge in [0.25, 0.3) is 0 Å². The van der Waals surface area contributed by atoms with E-state index in [2.05, 4.69) is 0 Å². The summed E-state index contributed by atoms with van der Waals surface area (Å²) in [4.78, 5) is 0. The van der Waals surface area contributed by atoms with Crippen molar-refractivity contribution in [1.29, 1.82) is 0 Å². The highest BCUT2D eigenvalue weighted by Crippen LogP contribution is 2.28. The van der Waals surface area contributed by atoms with E-state index in [0.717, 1.165) is 25.7 Å². The number of hydrogen-bond donors (Lipinski definition) is 1. The lowest BCUT2D eigenvalue weighted by atomic mass is 9.89. The average Bonchev–Trinajstić information content (AvgIpc) is 2.06.